The van der Waals surface area contributed by atoms with E-state index in [0.29, 0.717) is 22.4 Å². The predicted molar refractivity (Wildman–Crippen MR) is 100 cm³/mol. The molecular weight excluding hydrogens is 359 g/mol. The Kier molecular flexibility index (Phi) is 6.94. The molecule has 0 bridgehead atoms. The highest BCUT2D eigenvalue weighted by Gasteiger charge is 2.19. The number of aromatic nitrogens is 2. The predicted octanol–water partition coefficient (Wildman–Crippen LogP) is 4.99. The van der Waals surface area contributed by atoms with Crippen molar-refractivity contribution in [1.29, 1.82) is 0 Å². The number of hydrogen-bond acceptors (Lipinski definition) is 4. The number of fused-ring (bicyclic) bond motifs is 2. The van der Waals surface area contributed by atoms with Crippen molar-refractivity contribution in [1.82, 2.24) is 9.97 Å². The Bertz CT molecular complexity index is 765. The number of aryl methyl sites for hydroxylation is 2. The highest BCUT2D eigenvalue weighted by molar-refractivity contribution is 6.29. The van der Waals surface area contributed by atoms with Crippen LogP contribution in [0.25, 0.3) is 0 Å². The summed E-state index contributed by atoms with van der Waals surface area (Å²) in [7, 11) is 0. The van der Waals surface area contributed by atoms with E-state index in [9.17, 15) is 9.90 Å². The molecule has 2 aromatic heterocycles. The van der Waals surface area contributed by atoms with Crippen molar-refractivity contribution in [3.05, 3.63) is 57.1 Å². The van der Waals surface area contributed by atoms with Crippen molar-refractivity contribution in [2.75, 3.05) is 0 Å². The fraction of sp³-hybridized carbons (Fsp3) is 0.421. The lowest BCUT2D eigenvalue weighted by Crippen LogP contribution is -2.12. The van der Waals surface area contributed by atoms with Gasteiger partial charge in [0.15, 0.2) is 5.78 Å². The quantitative estimate of drug-likeness (QED) is 0.653. The molecule has 0 amide bonds. The van der Waals surface area contributed by atoms with Crippen LogP contribution >= 0.6 is 23.2 Å². The molecule has 1 N–H and O–H groups in total. The average molecular weight is 381 g/mol. The second-order valence-corrected chi connectivity index (χ2v) is 6.78. The van der Waals surface area contributed by atoms with Crippen molar-refractivity contribution in [2.24, 2.45) is 0 Å². The van der Waals surface area contributed by atoms with E-state index in [2.05, 4.69) is 9.97 Å². The van der Waals surface area contributed by atoms with Crippen LogP contribution in [0.15, 0.2) is 24.3 Å². The summed E-state index contributed by atoms with van der Waals surface area (Å²) >= 11 is 11.4. The van der Waals surface area contributed by atoms with Gasteiger partial charge in [-0.15, -0.1) is 0 Å². The molecule has 0 spiro atoms. The topological polar surface area (TPSA) is 63.1 Å². The second-order valence-electron chi connectivity index (χ2n) is 6.00. The molecule has 0 radical (unpaired) electrons. The van der Waals surface area contributed by atoms with Crippen LogP contribution in [0.4, 0.5) is 0 Å². The number of carbonyl (C=O) groups is 1. The molecule has 2 aliphatic rings. The van der Waals surface area contributed by atoms with Gasteiger partial charge in [0.1, 0.15) is 16.0 Å². The minimum absolute atomic E-state index is 0. The molecular formula is C19H22Cl2N2O2. The van der Waals surface area contributed by atoms with Crippen LogP contribution in [-0.2, 0) is 12.8 Å². The molecule has 2 aromatic rings. The summed E-state index contributed by atoms with van der Waals surface area (Å²) < 4.78 is 0. The Morgan fingerprint density at radius 1 is 0.920 bits per heavy atom. The maximum absolute atomic E-state index is 11.3. The van der Waals surface area contributed by atoms with Crippen molar-refractivity contribution >= 4 is 29.0 Å². The van der Waals surface area contributed by atoms with Crippen LogP contribution in [0.3, 0.4) is 0 Å². The van der Waals surface area contributed by atoms with Gasteiger partial charge in [0.05, 0.1) is 11.8 Å². The number of nitrogens with zero attached hydrogens (tertiary/aromatic N) is 2. The summed E-state index contributed by atoms with van der Waals surface area (Å²) in [5, 5.41) is 10.4. The highest BCUT2D eigenvalue weighted by atomic mass is 35.5. The summed E-state index contributed by atoms with van der Waals surface area (Å²) in [5.41, 5.74) is 3.52. The Hall–Kier alpha value is -1.49. The Morgan fingerprint density at radius 2 is 1.56 bits per heavy atom. The van der Waals surface area contributed by atoms with Crippen LogP contribution in [-0.4, -0.2) is 20.9 Å². The van der Waals surface area contributed by atoms with E-state index in [1.165, 1.54) is 0 Å². The Balaban J connectivity index is 0.000000173. The lowest BCUT2D eigenvalue weighted by Gasteiger charge is -2.19. The molecule has 134 valence electrons. The van der Waals surface area contributed by atoms with E-state index < -0.39 is 6.10 Å². The lowest BCUT2D eigenvalue weighted by atomic mass is 9.94. The van der Waals surface area contributed by atoms with Gasteiger partial charge in [0.25, 0.3) is 0 Å². The van der Waals surface area contributed by atoms with Gasteiger partial charge in [-0.25, -0.2) is 9.97 Å². The van der Waals surface area contributed by atoms with Crippen LogP contribution < -0.4 is 0 Å². The van der Waals surface area contributed by atoms with E-state index in [0.717, 1.165) is 48.9 Å². The highest BCUT2D eigenvalue weighted by Crippen LogP contribution is 2.28. The third-order valence-corrected chi connectivity index (χ3v) is 4.70. The number of halogens is 2. The maximum Gasteiger partial charge on any atom is 0.181 e. The maximum atomic E-state index is 11.3. The first-order chi connectivity index (χ1) is 11.5. The molecule has 2 heterocycles. The van der Waals surface area contributed by atoms with E-state index in [1.807, 2.05) is 12.1 Å². The molecule has 1 unspecified atom stereocenters. The first-order valence-corrected chi connectivity index (χ1v) is 8.82. The summed E-state index contributed by atoms with van der Waals surface area (Å²) in [5.74, 6) is 0.124. The molecule has 2 aliphatic carbocycles. The average Bonchev–Trinajstić information content (AvgIpc) is 2.57. The molecule has 0 aromatic carbocycles. The van der Waals surface area contributed by atoms with E-state index in [1.54, 1.807) is 12.1 Å². The van der Waals surface area contributed by atoms with Crippen molar-refractivity contribution in [3.63, 3.8) is 0 Å². The van der Waals surface area contributed by atoms with Gasteiger partial charge in [-0.2, -0.15) is 0 Å². The van der Waals surface area contributed by atoms with Gasteiger partial charge in [0, 0.05) is 6.42 Å². The zero-order valence-corrected chi connectivity index (χ0v) is 14.6. The molecule has 4 rings (SSSR count). The third kappa shape index (κ3) is 4.78. The normalized spacial score (nSPS) is 18.2. The number of Topliss-reactive ketones (excluding diaryl/α,β-unsaturated/α-hetero) is 1. The van der Waals surface area contributed by atoms with E-state index in [4.69, 9.17) is 23.2 Å². The van der Waals surface area contributed by atoms with E-state index >= 15 is 0 Å². The van der Waals surface area contributed by atoms with E-state index in [-0.39, 0.29) is 13.2 Å². The Labute approximate surface area is 158 Å². The summed E-state index contributed by atoms with van der Waals surface area (Å²) in [6.07, 6.45) is 4.95. The minimum Gasteiger partial charge on any atom is -0.387 e. The standard InChI is InChI=1S/C9H10ClNO.C9H8ClNO.CH4/c2*10-8-5-4-6-2-1-3-7(12)9(6)11-8;/h4-5,7,12H,1-3H2;4-5H,1-3H2;1H4. The Morgan fingerprint density at radius 3 is 2.32 bits per heavy atom. The van der Waals surface area contributed by atoms with Crippen LogP contribution in [0.2, 0.25) is 10.3 Å². The molecule has 4 nitrogen and oxygen atoms in total. The molecule has 0 saturated carbocycles. The van der Waals surface area contributed by atoms with Gasteiger partial charge in [-0.1, -0.05) is 42.8 Å². The smallest absolute Gasteiger partial charge is 0.181 e. The molecule has 0 fully saturated rings. The van der Waals surface area contributed by atoms with Gasteiger partial charge in [-0.3, -0.25) is 4.79 Å². The number of aliphatic hydroxyl groups is 1. The fourth-order valence-corrected chi connectivity index (χ4v) is 3.37. The molecule has 25 heavy (non-hydrogen) atoms. The van der Waals surface area contributed by atoms with Gasteiger partial charge in [-0.05, 0) is 55.4 Å². The minimum atomic E-state index is -0.410. The van der Waals surface area contributed by atoms with Gasteiger partial charge < -0.3 is 5.11 Å². The van der Waals surface area contributed by atoms with Crippen molar-refractivity contribution < 1.29 is 9.90 Å². The van der Waals surface area contributed by atoms with Gasteiger partial charge >= 0.3 is 0 Å². The monoisotopic (exact) mass is 380 g/mol. The zero-order valence-electron chi connectivity index (χ0n) is 13.1. The number of ketones is 1. The second kappa shape index (κ2) is 8.75. The molecule has 1 atom stereocenters. The number of pyridine rings is 2. The third-order valence-electron chi connectivity index (χ3n) is 4.28. The number of aliphatic hydroxyl groups excluding tert-OH is 1. The lowest BCUT2D eigenvalue weighted by molar-refractivity contribution is 0.0967. The van der Waals surface area contributed by atoms with Gasteiger partial charge in [0.2, 0.25) is 0 Å². The molecule has 6 heteroatoms. The number of rotatable bonds is 0. The SMILES string of the molecule is C.O=C1CCCc2ccc(Cl)nc21.OC1CCCc2ccc(Cl)nc21. The fourth-order valence-electron chi connectivity index (χ4n) is 3.07. The van der Waals surface area contributed by atoms with Crippen LogP contribution in [0, 0.1) is 0 Å². The number of carbonyl (C=O) groups excluding carboxylic acids is 1. The van der Waals surface area contributed by atoms with Crippen molar-refractivity contribution in [2.45, 2.75) is 52.1 Å². The molecule has 0 aliphatic heterocycles. The summed E-state index contributed by atoms with van der Waals surface area (Å²) in [4.78, 5) is 19.4. The summed E-state index contributed by atoms with van der Waals surface area (Å²) in [6.45, 7) is 0. The number of hydrogen-bond donors (Lipinski definition) is 1. The first kappa shape index (κ1) is 19.8. The molecule has 0 saturated heterocycles. The first-order valence-electron chi connectivity index (χ1n) is 8.06. The van der Waals surface area contributed by atoms with Crippen LogP contribution in [0.1, 0.15) is 66.5 Å². The summed E-state index contributed by atoms with van der Waals surface area (Å²) in [6, 6.07) is 7.35. The van der Waals surface area contributed by atoms with Crippen LogP contribution in [0.5, 0.6) is 0 Å². The largest absolute Gasteiger partial charge is 0.387 e. The van der Waals surface area contributed by atoms with Crippen molar-refractivity contribution in [3.8, 4) is 0 Å². The zero-order chi connectivity index (χ0) is 17.1.